The quantitative estimate of drug-likeness (QED) is 0.703. The van der Waals surface area contributed by atoms with Gasteiger partial charge in [-0.3, -0.25) is 0 Å². The second-order valence-corrected chi connectivity index (χ2v) is 4.98. The molecule has 0 radical (unpaired) electrons. The van der Waals surface area contributed by atoms with Crippen LogP contribution in [0.4, 0.5) is 0 Å². The van der Waals surface area contributed by atoms with E-state index in [0.29, 0.717) is 33.2 Å². The minimum Gasteiger partial charge on any atom is -0.356 e. The summed E-state index contributed by atoms with van der Waals surface area (Å²) in [5, 5.41) is 22.3. The summed E-state index contributed by atoms with van der Waals surface area (Å²) in [6, 6.07) is 17.9. The molecule has 0 amide bonds. The molecule has 0 N–H and O–H groups in total. The lowest BCUT2D eigenvalue weighted by Crippen LogP contribution is -1.80. The Labute approximate surface area is 131 Å². The van der Waals surface area contributed by atoms with E-state index in [1.54, 1.807) is 48.5 Å². The van der Waals surface area contributed by atoms with Crippen LogP contribution in [0.1, 0.15) is 11.1 Å². The van der Waals surface area contributed by atoms with Crippen molar-refractivity contribution in [2.24, 2.45) is 0 Å². The lowest BCUT2D eigenvalue weighted by molar-refractivity contribution is 0.435. The highest BCUT2D eigenvalue weighted by molar-refractivity contribution is 6.33. The Bertz CT molecular complexity index is 914. The number of aromatic nitrogens is 1. The highest BCUT2D eigenvalue weighted by Gasteiger charge is 2.12. The Hall–Kier alpha value is -3.08. The summed E-state index contributed by atoms with van der Waals surface area (Å²) in [5.41, 5.74) is 3.17. The third-order valence-corrected chi connectivity index (χ3v) is 3.51. The van der Waals surface area contributed by atoms with Crippen LogP contribution in [0.25, 0.3) is 22.6 Å². The van der Waals surface area contributed by atoms with E-state index >= 15 is 0 Å². The second-order valence-electron chi connectivity index (χ2n) is 4.57. The monoisotopic (exact) mass is 305 g/mol. The molecule has 0 unspecified atom stereocenters. The standard InChI is InChI=1S/C17H8ClN3O/c18-15-6-3-12(10-20)7-14(15)17-8-16(21-22-17)13-4-1-11(9-19)2-5-13/h1-8H. The number of rotatable bonds is 2. The van der Waals surface area contributed by atoms with Crippen LogP contribution in [0, 0.1) is 22.7 Å². The minimum absolute atomic E-state index is 0.487. The van der Waals surface area contributed by atoms with Gasteiger partial charge in [-0.1, -0.05) is 28.9 Å². The first kappa shape index (κ1) is 13.9. The first-order valence-corrected chi connectivity index (χ1v) is 6.76. The topological polar surface area (TPSA) is 73.6 Å². The molecule has 0 fully saturated rings. The maximum Gasteiger partial charge on any atom is 0.169 e. The van der Waals surface area contributed by atoms with Crippen LogP contribution in [-0.2, 0) is 0 Å². The van der Waals surface area contributed by atoms with Crippen LogP contribution < -0.4 is 0 Å². The van der Waals surface area contributed by atoms with Gasteiger partial charge in [0.2, 0.25) is 0 Å². The molecule has 0 aliphatic heterocycles. The Balaban J connectivity index is 2.00. The third kappa shape index (κ3) is 2.56. The molecular formula is C17H8ClN3O. The van der Waals surface area contributed by atoms with Crippen molar-refractivity contribution in [1.82, 2.24) is 5.16 Å². The van der Waals surface area contributed by atoms with Crippen molar-refractivity contribution in [1.29, 1.82) is 10.5 Å². The van der Waals surface area contributed by atoms with Gasteiger partial charge in [0.1, 0.15) is 5.69 Å². The molecule has 2 aromatic carbocycles. The van der Waals surface area contributed by atoms with E-state index in [0.717, 1.165) is 5.56 Å². The number of benzene rings is 2. The van der Waals surface area contributed by atoms with E-state index in [1.807, 2.05) is 0 Å². The summed E-state index contributed by atoms with van der Waals surface area (Å²) in [5.74, 6) is 0.487. The van der Waals surface area contributed by atoms with E-state index < -0.39 is 0 Å². The number of nitrogens with zero attached hydrogens (tertiary/aromatic N) is 3. The largest absolute Gasteiger partial charge is 0.356 e. The van der Waals surface area contributed by atoms with Crippen LogP contribution in [-0.4, -0.2) is 5.16 Å². The van der Waals surface area contributed by atoms with Gasteiger partial charge in [0.05, 0.1) is 28.3 Å². The highest BCUT2D eigenvalue weighted by Crippen LogP contribution is 2.31. The Kier molecular flexibility index (Phi) is 3.62. The fourth-order valence-corrected chi connectivity index (χ4v) is 2.25. The summed E-state index contributed by atoms with van der Waals surface area (Å²) in [6.45, 7) is 0. The maximum atomic E-state index is 8.97. The number of hydrogen-bond acceptors (Lipinski definition) is 4. The number of nitriles is 2. The molecule has 0 atom stereocenters. The first-order valence-electron chi connectivity index (χ1n) is 6.38. The third-order valence-electron chi connectivity index (χ3n) is 3.18. The molecule has 3 aromatic rings. The van der Waals surface area contributed by atoms with Crippen LogP contribution in [0.15, 0.2) is 53.1 Å². The lowest BCUT2D eigenvalue weighted by Gasteiger charge is -1.99. The van der Waals surface area contributed by atoms with Gasteiger partial charge >= 0.3 is 0 Å². The molecule has 5 heteroatoms. The molecule has 0 saturated carbocycles. The Morgan fingerprint density at radius 1 is 0.909 bits per heavy atom. The van der Waals surface area contributed by atoms with Crippen molar-refractivity contribution in [3.8, 4) is 34.7 Å². The summed E-state index contributed by atoms with van der Waals surface area (Å²) in [6.07, 6.45) is 0. The predicted molar refractivity (Wildman–Crippen MR) is 81.8 cm³/mol. The SMILES string of the molecule is N#Cc1ccc(-c2cc(-c3cc(C#N)ccc3Cl)on2)cc1. The summed E-state index contributed by atoms with van der Waals surface area (Å²) in [7, 11) is 0. The summed E-state index contributed by atoms with van der Waals surface area (Å²) >= 11 is 6.15. The smallest absolute Gasteiger partial charge is 0.169 e. The average Bonchev–Trinajstić information content (AvgIpc) is 3.05. The zero-order chi connectivity index (χ0) is 15.5. The van der Waals surface area contributed by atoms with Crippen molar-refractivity contribution in [2.45, 2.75) is 0 Å². The van der Waals surface area contributed by atoms with E-state index in [4.69, 9.17) is 26.6 Å². The van der Waals surface area contributed by atoms with Crippen molar-refractivity contribution in [2.75, 3.05) is 0 Å². The molecule has 22 heavy (non-hydrogen) atoms. The van der Waals surface area contributed by atoms with Gasteiger partial charge in [-0.25, -0.2) is 0 Å². The second kappa shape index (κ2) is 5.73. The van der Waals surface area contributed by atoms with Crippen molar-refractivity contribution >= 4 is 11.6 Å². The van der Waals surface area contributed by atoms with Gasteiger partial charge in [-0.2, -0.15) is 10.5 Å². The molecule has 1 heterocycles. The molecule has 0 aliphatic carbocycles. The van der Waals surface area contributed by atoms with E-state index in [2.05, 4.69) is 17.3 Å². The van der Waals surface area contributed by atoms with Gasteiger partial charge in [0.25, 0.3) is 0 Å². The zero-order valence-corrected chi connectivity index (χ0v) is 12.0. The Morgan fingerprint density at radius 3 is 2.27 bits per heavy atom. The highest BCUT2D eigenvalue weighted by atomic mass is 35.5. The Morgan fingerprint density at radius 2 is 1.59 bits per heavy atom. The average molecular weight is 306 g/mol. The fourth-order valence-electron chi connectivity index (χ4n) is 2.04. The van der Waals surface area contributed by atoms with E-state index in [-0.39, 0.29) is 0 Å². The molecule has 0 spiro atoms. The van der Waals surface area contributed by atoms with Crippen molar-refractivity contribution in [3.05, 3.63) is 64.7 Å². The van der Waals surface area contributed by atoms with Crippen molar-refractivity contribution in [3.63, 3.8) is 0 Å². The zero-order valence-electron chi connectivity index (χ0n) is 11.2. The molecule has 1 aromatic heterocycles. The molecule has 0 aliphatic rings. The number of halogens is 1. The lowest BCUT2D eigenvalue weighted by atomic mass is 10.1. The van der Waals surface area contributed by atoms with E-state index in [9.17, 15) is 0 Å². The normalized spacial score (nSPS) is 9.95. The summed E-state index contributed by atoms with van der Waals surface area (Å²) < 4.78 is 5.33. The molecule has 0 saturated heterocycles. The van der Waals surface area contributed by atoms with Gasteiger partial charge < -0.3 is 4.52 Å². The summed E-state index contributed by atoms with van der Waals surface area (Å²) in [4.78, 5) is 0. The van der Waals surface area contributed by atoms with Gasteiger partial charge in [0.15, 0.2) is 5.76 Å². The van der Waals surface area contributed by atoms with Crippen LogP contribution in [0.3, 0.4) is 0 Å². The van der Waals surface area contributed by atoms with E-state index in [1.165, 1.54) is 0 Å². The maximum absolute atomic E-state index is 8.97. The molecule has 4 nitrogen and oxygen atoms in total. The van der Waals surface area contributed by atoms with Crippen LogP contribution in [0.5, 0.6) is 0 Å². The van der Waals surface area contributed by atoms with Crippen LogP contribution >= 0.6 is 11.6 Å². The molecule has 3 rings (SSSR count). The predicted octanol–water partition coefficient (Wildman–Crippen LogP) is 4.41. The van der Waals surface area contributed by atoms with Gasteiger partial charge in [-0.05, 0) is 30.3 Å². The molecule has 0 bridgehead atoms. The molecule has 104 valence electrons. The fraction of sp³-hybridized carbons (Fsp3) is 0. The minimum atomic E-state index is 0.487. The van der Waals surface area contributed by atoms with Gasteiger partial charge in [-0.15, -0.1) is 0 Å². The van der Waals surface area contributed by atoms with Gasteiger partial charge in [0, 0.05) is 17.2 Å². The molecular weight excluding hydrogens is 298 g/mol. The van der Waals surface area contributed by atoms with Crippen molar-refractivity contribution < 1.29 is 4.52 Å². The van der Waals surface area contributed by atoms with Crippen LogP contribution in [0.2, 0.25) is 5.02 Å². The number of hydrogen-bond donors (Lipinski definition) is 0. The first-order chi connectivity index (χ1) is 10.7.